The first kappa shape index (κ1) is 15.0. The number of thiocarbonyl (C=S) groups is 1. The average Bonchev–Trinajstić information content (AvgIpc) is 2.49. The Morgan fingerprint density at radius 2 is 2.05 bits per heavy atom. The Hall–Kier alpha value is -2.41. The van der Waals surface area contributed by atoms with E-state index in [-0.39, 0.29) is 5.96 Å². The van der Waals surface area contributed by atoms with Gasteiger partial charge < -0.3 is 22.1 Å². The molecule has 2 rings (SSSR count). The molecule has 110 valence electrons. The number of nitrogens with two attached hydrogens (primary N) is 2. The number of guanidine groups is 1. The van der Waals surface area contributed by atoms with Crippen LogP contribution in [-0.4, -0.2) is 29.1 Å². The second-order valence-electron chi connectivity index (χ2n) is 4.45. The van der Waals surface area contributed by atoms with Crippen LogP contribution in [0.15, 0.2) is 41.5 Å². The number of rotatable bonds is 5. The summed E-state index contributed by atoms with van der Waals surface area (Å²) < 4.78 is 0. The Kier molecular flexibility index (Phi) is 5.28. The normalized spacial score (nSPS) is 10.1. The van der Waals surface area contributed by atoms with E-state index < -0.39 is 0 Å². The van der Waals surface area contributed by atoms with Crippen molar-refractivity contribution < 1.29 is 0 Å². The lowest BCUT2D eigenvalue weighted by Gasteiger charge is -2.10. The van der Waals surface area contributed by atoms with E-state index in [9.17, 15) is 0 Å². The zero-order valence-electron chi connectivity index (χ0n) is 11.5. The number of hydrogen-bond acceptors (Lipinski definition) is 3. The Morgan fingerprint density at radius 3 is 2.86 bits per heavy atom. The summed E-state index contributed by atoms with van der Waals surface area (Å²) in [7, 11) is 0. The first-order valence-corrected chi connectivity index (χ1v) is 6.97. The van der Waals surface area contributed by atoms with Crippen LogP contribution in [0.3, 0.4) is 0 Å². The van der Waals surface area contributed by atoms with Gasteiger partial charge in [-0.2, -0.15) is 0 Å². The van der Waals surface area contributed by atoms with E-state index in [0.29, 0.717) is 24.7 Å². The molecule has 0 spiro atoms. The van der Waals surface area contributed by atoms with E-state index in [2.05, 4.69) is 26.7 Å². The first-order chi connectivity index (χ1) is 10.1. The number of aliphatic imine (C=N–C) groups is 1. The van der Waals surface area contributed by atoms with Crippen molar-refractivity contribution in [3.63, 3.8) is 0 Å². The number of pyridine rings is 1. The summed E-state index contributed by atoms with van der Waals surface area (Å²) in [4.78, 5) is 8.27. The zero-order valence-corrected chi connectivity index (χ0v) is 12.4. The molecule has 0 fully saturated rings. The van der Waals surface area contributed by atoms with Gasteiger partial charge in [-0.05, 0) is 29.9 Å². The summed E-state index contributed by atoms with van der Waals surface area (Å²) >= 11 is 5.17. The molecule has 0 unspecified atom stereocenters. The van der Waals surface area contributed by atoms with Gasteiger partial charge in [-0.25, -0.2) is 0 Å². The van der Waals surface area contributed by atoms with Crippen molar-refractivity contribution in [3.05, 3.63) is 42.1 Å². The van der Waals surface area contributed by atoms with Crippen LogP contribution in [0, 0.1) is 0 Å². The van der Waals surface area contributed by atoms with E-state index >= 15 is 0 Å². The summed E-state index contributed by atoms with van der Waals surface area (Å²) in [5.74, 6) is 0.0814. The minimum absolute atomic E-state index is 0.0814. The minimum atomic E-state index is 0.0814. The lowest BCUT2D eigenvalue weighted by molar-refractivity contribution is 0.819. The molecule has 7 heteroatoms. The van der Waals surface area contributed by atoms with Crippen molar-refractivity contribution >= 4 is 34.2 Å². The van der Waals surface area contributed by atoms with Gasteiger partial charge in [0.05, 0.1) is 12.1 Å². The van der Waals surface area contributed by atoms with Crippen molar-refractivity contribution in [3.8, 4) is 0 Å². The van der Waals surface area contributed by atoms with Gasteiger partial charge in [0.1, 0.15) is 0 Å². The van der Waals surface area contributed by atoms with Crippen LogP contribution >= 0.6 is 12.2 Å². The summed E-state index contributed by atoms with van der Waals surface area (Å²) in [6, 6.07) is 10.1. The quantitative estimate of drug-likeness (QED) is 0.277. The maximum atomic E-state index is 5.23. The molecule has 0 atom stereocenters. The van der Waals surface area contributed by atoms with Gasteiger partial charge in [0.15, 0.2) is 11.1 Å². The fraction of sp³-hybridized carbons (Fsp3) is 0.214. The monoisotopic (exact) mass is 302 g/mol. The van der Waals surface area contributed by atoms with E-state index in [1.54, 1.807) is 0 Å². The smallest absolute Gasteiger partial charge is 0.185 e. The molecule has 6 nitrogen and oxygen atoms in total. The highest BCUT2D eigenvalue weighted by atomic mass is 32.1. The number of nitrogens with one attached hydrogen (secondary N) is 2. The molecule has 0 saturated heterocycles. The third-order valence-corrected chi connectivity index (χ3v) is 3.08. The Bertz CT molecular complexity index is 651. The van der Waals surface area contributed by atoms with E-state index in [0.717, 1.165) is 16.5 Å². The van der Waals surface area contributed by atoms with Crippen molar-refractivity contribution in [2.45, 2.75) is 6.54 Å². The molecular weight excluding hydrogens is 284 g/mol. The number of nitrogens with zero attached hydrogens (tertiary/aromatic N) is 2. The van der Waals surface area contributed by atoms with E-state index in [1.165, 1.54) is 0 Å². The maximum Gasteiger partial charge on any atom is 0.185 e. The maximum absolute atomic E-state index is 5.23. The van der Waals surface area contributed by atoms with Gasteiger partial charge in [-0.1, -0.05) is 18.2 Å². The predicted octanol–water partition coefficient (Wildman–Crippen LogP) is 0.472. The van der Waals surface area contributed by atoms with Crippen LogP contribution in [-0.2, 0) is 6.54 Å². The molecule has 1 aromatic carbocycles. The van der Waals surface area contributed by atoms with Crippen LogP contribution in [0.2, 0.25) is 0 Å². The fourth-order valence-electron chi connectivity index (χ4n) is 1.81. The molecular formula is C14H18N6S. The molecule has 1 aromatic heterocycles. The topological polar surface area (TPSA) is 101 Å². The highest BCUT2D eigenvalue weighted by molar-refractivity contribution is 7.80. The Labute approximate surface area is 128 Å². The third kappa shape index (κ3) is 4.88. The summed E-state index contributed by atoms with van der Waals surface area (Å²) in [6.45, 7) is 1.69. The Morgan fingerprint density at radius 1 is 1.24 bits per heavy atom. The number of hydrogen-bond donors (Lipinski definition) is 4. The van der Waals surface area contributed by atoms with Crippen LogP contribution in [0.25, 0.3) is 10.9 Å². The highest BCUT2D eigenvalue weighted by Crippen LogP contribution is 2.12. The molecule has 0 amide bonds. The summed E-state index contributed by atoms with van der Waals surface area (Å²) in [6.07, 6.45) is 1.84. The van der Waals surface area contributed by atoms with Gasteiger partial charge in [-0.3, -0.25) is 9.98 Å². The standard InChI is InChI=1S/C14H18N6S/c15-13(16)17-5-6-18-14(21)20-9-10-7-11-3-1-2-4-12(11)19-8-10/h1-4,7-8H,5-6,9H2,(H4,15,16,17)(H2,18,20,21). The minimum Gasteiger partial charge on any atom is -0.370 e. The predicted molar refractivity (Wildman–Crippen MR) is 89.9 cm³/mol. The van der Waals surface area contributed by atoms with E-state index in [4.69, 9.17) is 23.7 Å². The highest BCUT2D eigenvalue weighted by Gasteiger charge is 1.99. The lowest BCUT2D eigenvalue weighted by atomic mass is 10.1. The summed E-state index contributed by atoms with van der Waals surface area (Å²) in [5, 5.41) is 7.83. The van der Waals surface area contributed by atoms with Gasteiger partial charge in [0, 0.05) is 24.7 Å². The molecule has 1 heterocycles. The largest absolute Gasteiger partial charge is 0.370 e. The molecule has 0 bridgehead atoms. The van der Waals surface area contributed by atoms with Gasteiger partial charge in [-0.15, -0.1) is 0 Å². The van der Waals surface area contributed by atoms with Gasteiger partial charge in [0.2, 0.25) is 0 Å². The number of para-hydroxylation sites is 1. The van der Waals surface area contributed by atoms with Crippen molar-refractivity contribution in [1.82, 2.24) is 15.6 Å². The van der Waals surface area contributed by atoms with Crippen molar-refractivity contribution in [1.29, 1.82) is 0 Å². The molecule has 0 radical (unpaired) electrons. The molecule has 0 saturated carbocycles. The molecule has 0 aliphatic heterocycles. The number of fused-ring (bicyclic) bond motifs is 1. The second-order valence-corrected chi connectivity index (χ2v) is 4.86. The molecule has 6 N–H and O–H groups in total. The number of benzene rings is 1. The zero-order chi connectivity index (χ0) is 15.1. The van der Waals surface area contributed by atoms with Crippen molar-refractivity contribution in [2.24, 2.45) is 16.5 Å². The van der Waals surface area contributed by atoms with Gasteiger partial charge in [0.25, 0.3) is 0 Å². The van der Waals surface area contributed by atoms with Crippen molar-refractivity contribution in [2.75, 3.05) is 13.1 Å². The molecule has 0 aliphatic rings. The lowest BCUT2D eigenvalue weighted by Crippen LogP contribution is -2.36. The summed E-state index contributed by atoms with van der Waals surface area (Å²) in [5.41, 5.74) is 12.5. The second kappa shape index (κ2) is 7.39. The van der Waals surface area contributed by atoms with E-state index in [1.807, 2.05) is 30.5 Å². The Balaban J connectivity index is 1.81. The molecule has 0 aliphatic carbocycles. The van der Waals surface area contributed by atoms with Gasteiger partial charge >= 0.3 is 0 Å². The SMILES string of the molecule is NC(N)=NCCNC(=S)NCc1cnc2ccccc2c1. The first-order valence-electron chi connectivity index (χ1n) is 6.56. The average molecular weight is 302 g/mol. The third-order valence-electron chi connectivity index (χ3n) is 2.79. The van der Waals surface area contributed by atoms with Crippen LogP contribution in [0.5, 0.6) is 0 Å². The molecule has 2 aromatic rings. The number of aromatic nitrogens is 1. The molecule has 21 heavy (non-hydrogen) atoms. The van der Waals surface area contributed by atoms with Crippen LogP contribution in [0.4, 0.5) is 0 Å². The fourth-order valence-corrected chi connectivity index (χ4v) is 1.99. The van der Waals surface area contributed by atoms with Crippen LogP contribution in [0.1, 0.15) is 5.56 Å². The van der Waals surface area contributed by atoms with Crippen LogP contribution < -0.4 is 22.1 Å².